The van der Waals surface area contributed by atoms with Crippen LogP contribution >= 0.6 is 0 Å². The fourth-order valence-corrected chi connectivity index (χ4v) is 2.33. The van der Waals surface area contributed by atoms with Gasteiger partial charge in [0.2, 0.25) is 5.91 Å². The first-order valence-corrected chi connectivity index (χ1v) is 7.64. The number of pyridine rings is 1. The number of nitro groups is 1. The summed E-state index contributed by atoms with van der Waals surface area (Å²) in [6.45, 7) is 1.65. The molecule has 0 bridgehead atoms. The molecule has 1 heterocycles. The van der Waals surface area contributed by atoms with Gasteiger partial charge in [-0.2, -0.15) is 0 Å². The van der Waals surface area contributed by atoms with Crippen molar-refractivity contribution in [3.8, 4) is 0 Å². The van der Waals surface area contributed by atoms with E-state index in [1.165, 1.54) is 5.56 Å². The number of carbonyl (C=O) groups is 1. The number of aromatic nitrogens is 1. The number of hydrogen-bond acceptors (Lipinski definition) is 4. The molecule has 0 spiro atoms. The summed E-state index contributed by atoms with van der Waals surface area (Å²) in [6.07, 6.45) is 2.68. The lowest BCUT2D eigenvalue weighted by atomic mass is 10.1. The molecule has 24 heavy (non-hydrogen) atoms. The van der Waals surface area contributed by atoms with Crippen LogP contribution in [0, 0.1) is 10.1 Å². The Hall–Kier alpha value is -2.96. The highest BCUT2D eigenvalue weighted by atomic mass is 16.6. The van der Waals surface area contributed by atoms with Gasteiger partial charge in [0.05, 0.1) is 11.1 Å². The van der Waals surface area contributed by atoms with E-state index in [2.05, 4.69) is 5.32 Å². The van der Waals surface area contributed by atoms with Crippen LogP contribution in [0.4, 0.5) is 5.69 Å². The van der Waals surface area contributed by atoms with Gasteiger partial charge in [-0.25, -0.2) is 0 Å². The maximum absolute atomic E-state index is 12.0. The quantitative estimate of drug-likeness (QED) is 0.620. The molecule has 1 aromatic heterocycles. The summed E-state index contributed by atoms with van der Waals surface area (Å²) < 4.78 is 1.04. The third-order valence-corrected chi connectivity index (χ3v) is 3.61. The molecule has 0 saturated heterocycles. The third-order valence-electron chi connectivity index (χ3n) is 3.61. The van der Waals surface area contributed by atoms with Crippen molar-refractivity contribution in [3.63, 3.8) is 0 Å². The van der Waals surface area contributed by atoms with E-state index in [0.717, 1.165) is 35.7 Å². The van der Waals surface area contributed by atoms with E-state index < -0.39 is 10.5 Å². The van der Waals surface area contributed by atoms with Gasteiger partial charge in [0.25, 0.3) is 11.2 Å². The van der Waals surface area contributed by atoms with Gasteiger partial charge in [-0.1, -0.05) is 30.3 Å². The van der Waals surface area contributed by atoms with E-state index in [1.807, 2.05) is 37.3 Å². The minimum Gasteiger partial charge on any atom is -0.352 e. The lowest BCUT2D eigenvalue weighted by Gasteiger charge is -2.14. The summed E-state index contributed by atoms with van der Waals surface area (Å²) in [5.74, 6) is -0.349. The molecule has 2 aromatic rings. The van der Waals surface area contributed by atoms with Crippen LogP contribution in [0.1, 0.15) is 18.9 Å². The fourth-order valence-electron chi connectivity index (χ4n) is 2.33. The number of aryl methyl sites for hydroxylation is 1. The Bertz CT molecular complexity index is 771. The minimum atomic E-state index is -0.601. The average molecular weight is 329 g/mol. The largest absolute Gasteiger partial charge is 0.352 e. The summed E-state index contributed by atoms with van der Waals surface area (Å²) >= 11 is 0. The van der Waals surface area contributed by atoms with Gasteiger partial charge in [-0.15, -0.1) is 0 Å². The molecule has 1 aromatic carbocycles. The average Bonchev–Trinajstić information content (AvgIpc) is 2.55. The zero-order valence-corrected chi connectivity index (χ0v) is 13.3. The van der Waals surface area contributed by atoms with Crippen LogP contribution < -0.4 is 10.9 Å². The van der Waals surface area contributed by atoms with Crippen molar-refractivity contribution in [2.75, 3.05) is 0 Å². The van der Waals surface area contributed by atoms with Crippen molar-refractivity contribution in [1.29, 1.82) is 0 Å². The topological polar surface area (TPSA) is 94.2 Å². The van der Waals surface area contributed by atoms with Crippen LogP contribution in [-0.4, -0.2) is 21.4 Å². The van der Waals surface area contributed by atoms with Crippen LogP contribution in [0.25, 0.3) is 0 Å². The second kappa shape index (κ2) is 8.05. The monoisotopic (exact) mass is 329 g/mol. The SMILES string of the molecule is CC(CCc1ccccc1)NC(=O)Cn1cc([N+](=O)[O-])ccc1=O. The molecule has 126 valence electrons. The highest BCUT2D eigenvalue weighted by Gasteiger charge is 2.12. The number of carbonyl (C=O) groups excluding carboxylic acids is 1. The molecule has 0 fully saturated rings. The number of benzene rings is 1. The summed E-state index contributed by atoms with van der Waals surface area (Å²) in [5, 5.41) is 13.5. The number of rotatable bonds is 7. The van der Waals surface area contributed by atoms with Gasteiger partial charge in [0.1, 0.15) is 6.54 Å². The molecule has 2 rings (SSSR count). The molecule has 0 aliphatic heterocycles. The number of nitrogens with zero attached hydrogens (tertiary/aromatic N) is 2. The Morgan fingerprint density at radius 3 is 2.62 bits per heavy atom. The van der Waals surface area contributed by atoms with E-state index in [4.69, 9.17) is 0 Å². The van der Waals surface area contributed by atoms with Crippen LogP contribution in [0.5, 0.6) is 0 Å². The highest BCUT2D eigenvalue weighted by molar-refractivity contribution is 5.76. The molecule has 7 heteroatoms. The maximum atomic E-state index is 12.0. The first-order valence-electron chi connectivity index (χ1n) is 7.64. The molecular formula is C17H19N3O4. The van der Waals surface area contributed by atoms with Crippen LogP contribution in [0.2, 0.25) is 0 Å². The van der Waals surface area contributed by atoms with Crippen LogP contribution in [0.15, 0.2) is 53.5 Å². The van der Waals surface area contributed by atoms with Gasteiger partial charge >= 0.3 is 0 Å². The van der Waals surface area contributed by atoms with E-state index >= 15 is 0 Å². The molecule has 1 atom stereocenters. The molecule has 0 aliphatic carbocycles. The van der Waals surface area contributed by atoms with Crippen molar-refractivity contribution in [2.45, 2.75) is 32.4 Å². The highest BCUT2D eigenvalue weighted by Crippen LogP contribution is 2.07. The van der Waals surface area contributed by atoms with Crippen molar-refractivity contribution in [3.05, 3.63) is 74.7 Å². The van der Waals surface area contributed by atoms with Crippen molar-refractivity contribution in [1.82, 2.24) is 9.88 Å². The molecule has 1 N–H and O–H groups in total. The zero-order valence-electron chi connectivity index (χ0n) is 13.3. The molecule has 1 amide bonds. The standard InChI is InChI=1S/C17H19N3O4/c1-13(7-8-14-5-3-2-4-6-14)18-16(21)12-19-11-15(20(23)24)9-10-17(19)22/h2-6,9-11,13H,7-8,12H2,1H3,(H,18,21). The molecule has 0 aliphatic rings. The molecule has 0 radical (unpaired) electrons. The fraction of sp³-hybridized carbons (Fsp3) is 0.294. The van der Waals surface area contributed by atoms with Gasteiger partial charge in [0, 0.05) is 18.2 Å². The Morgan fingerprint density at radius 1 is 1.25 bits per heavy atom. The van der Waals surface area contributed by atoms with Gasteiger partial charge in [-0.3, -0.25) is 24.3 Å². The van der Waals surface area contributed by atoms with Crippen LogP contribution in [-0.2, 0) is 17.8 Å². The number of amides is 1. The molecular weight excluding hydrogens is 310 g/mol. The molecule has 0 saturated carbocycles. The maximum Gasteiger partial charge on any atom is 0.285 e. The Labute approximate surface area is 139 Å². The first kappa shape index (κ1) is 17.4. The van der Waals surface area contributed by atoms with E-state index in [1.54, 1.807) is 0 Å². The number of nitrogens with one attached hydrogen (secondary N) is 1. The normalized spacial score (nSPS) is 11.7. The zero-order chi connectivity index (χ0) is 17.5. The Morgan fingerprint density at radius 2 is 1.96 bits per heavy atom. The van der Waals surface area contributed by atoms with E-state index in [-0.39, 0.29) is 24.2 Å². The predicted molar refractivity (Wildman–Crippen MR) is 89.7 cm³/mol. The third kappa shape index (κ3) is 5.05. The Kier molecular flexibility index (Phi) is 5.83. The lowest BCUT2D eigenvalue weighted by molar-refractivity contribution is -0.385. The lowest BCUT2D eigenvalue weighted by Crippen LogP contribution is -2.37. The molecule has 7 nitrogen and oxygen atoms in total. The van der Waals surface area contributed by atoms with Crippen molar-refractivity contribution in [2.24, 2.45) is 0 Å². The minimum absolute atomic E-state index is 0.0629. The predicted octanol–water partition coefficient (Wildman–Crippen LogP) is 1.89. The van der Waals surface area contributed by atoms with E-state index in [0.29, 0.717) is 0 Å². The van der Waals surface area contributed by atoms with Crippen molar-refractivity contribution < 1.29 is 9.72 Å². The van der Waals surface area contributed by atoms with E-state index in [9.17, 15) is 19.7 Å². The number of hydrogen-bond donors (Lipinski definition) is 1. The van der Waals surface area contributed by atoms with Gasteiger partial charge in [-0.05, 0) is 25.3 Å². The second-order valence-electron chi connectivity index (χ2n) is 5.60. The summed E-state index contributed by atoms with van der Waals surface area (Å²) in [4.78, 5) is 33.8. The summed E-state index contributed by atoms with van der Waals surface area (Å²) in [7, 11) is 0. The second-order valence-corrected chi connectivity index (χ2v) is 5.60. The van der Waals surface area contributed by atoms with Crippen LogP contribution in [0.3, 0.4) is 0 Å². The van der Waals surface area contributed by atoms with Gasteiger partial charge < -0.3 is 5.32 Å². The van der Waals surface area contributed by atoms with Crippen molar-refractivity contribution >= 4 is 11.6 Å². The molecule has 1 unspecified atom stereocenters. The summed E-state index contributed by atoms with van der Waals surface area (Å²) in [6, 6.07) is 12.1. The first-order chi connectivity index (χ1) is 11.5. The summed E-state index contributed by atoms with van der Waals surface area (Å²) in [5.41, 5.74) is 0.515. The van der Waals surface area contributed by atoms with Gasteiger partial charge in [0.15, 0.2) is 0 Å². The smallest absolute Gasteiger partial charge is 0.285 e. The Balaban J connectivity index is 1.89.